The van der Waals surface area contributed by atoms with Crippen LogP contribution in [0.4, 0.5) is 0 Å². The average Bonchev–Trinajstić information content (AvgIpc) is 2.73. The number of carbonyl (C=O) groups is 1. The van der Waals surface area contributed by atoms with Gasteiger partial charge in [0.1, 0.15) is 11.5 Å². The molecule has 0 bridgehead atoms. The third-order valence-corrected chi connectivity index (χ3v) is 5.96. The highest BCUT2D eigenvalue weighted by atomic mass is 16.5. The number of ketones is 1. The van der Waals surface area contributed by atoms with Crippen molar-refractivity contribution >= 4 is 12.0 Å². The van der Waals surface area contributed by atoms with E-state index in [0.717, 1.165) is 56.1 Å². The van der Waals surface area contributed by atoms with Crippen molar-refractivity contribution < 1.29 is 19.7 Å². The number of ether oxygens (including phenoxy) is 1. The molecule has 1 aromatic rings. The van der Waals surface area contributed by atoms with Gasteiger partial charge >= 0.3 is 0 Å². The number of aliphatic imine (C=N–C) groups is 1. The monoisotopic (exact) mass is 415 g/mol. The van der Waals surface area contributed by atoms with E-state index >= 15 is 0 Å². The van der Waals surface area contributed by atoms with Gasteiger partial charge in [-0.2, -0.15) is 0 Å². The number of aliphatic hydroxyl groups excluding tert-OH is 2. The molecule has 1 saturated heterocycles. The van der Waals surface area contributed by atoms with E-state index in [0.29, 0.717) is 25.0 Å². The zero-order valence-electron chi connectivity index (χ0n) is 18.0. The number of methoxy groups -OCH3 is 1. The van der Waals surface area contributed by atoms with Crippen LogP contribution in [0.1, 0.15) is 29.9 Å². The summed E-state index contributed by atoms with van der Waals surface area (Å²) >= 11 is 0. The molecular weight excluding hydrogens is 382 g/mol. The zero-order chi connectivity index (χ0) is 21.5. The molecule has 2 N–H and O–H groups in total. The third-order valence-electron chi connectivity index (χ3n) is 5.96. The minimum Gasteiger partial charge on any atom is -0.511 e. The summed E-state index contributed by atoms with van der Waals surface area (Å²) in [4.78, 5) is 21.7. The number of benzene rings is 1. The maximum atomic E-state index is 12.7. The molecule has 0 spiro atoms. The van der Waals surface area contributed by atoms with Crippen LogP contribution in [-0.2, 0) is 4.79 Å². The van der Waals surface area contributed by atoms with Gasteiger partial charge in [-0.1, -0.05) is 12.1 Å². The number of β-amino-alcohol motifs (C(OH)–C–C–N with tert-alkyl or cyclic N) is 1. The van der Waals surface area contributed by atoms with Crippen molar-refractivity contribution in [1.82, 2.24) is 9.80 Å². The van der Waals surface area contributed by atoms with Crippen LogP contribution in [0.25, 0.3) is 0 Å². The molecule has 1 aliphatic carbocycles. The first-order chi connectivity index (χ1) is 14.5. The fourth-order valence-corrected chi connectivity index (χ4v) is 4.17. The number of carbonyl (C=O) groups excluding carboxylic acids is 1. The smallest absolute Gasteiger partial charge is 0.168 e. The molecule has 7 nitrogen and oxygen atoms in total. The summed E-state index contributed by atoms with van der Waals surface area (Å²) < 4.78 is 5.48. The Morgan fingerprint density at radius 1 is 1.17 bits per heavy atom. The molecule has 164 valence electrons. The van der Waals surface area contributed by atoms with Crippen molar-refractivity contribution in [1.29, 1.82) is 0 Å². The van der Waals surface area contributed by atoms with E-state index in [9.17, 15) is 9.90 Å². The van der Waals surface area contributed by atoms with Crippen LogP contribution in [0.5, 0.6) is 5.75 Å². The summed E-state index contributed by atoms with van der Waals surface area (Å²) in [6.07, 6.45) is 2.30. The molecule has 1 unspecified atom stereocenters. The topological polar surface area (TPSA) is 85.6 Å². The van der Waals surface area contributed by atoms with Gasteiger partial charge in [0.05, 0.1) is 25.8 Å². The average molecular weight is 416 g/mol. The van der Waals surface area contributed by atoms with Gasteiger partial charge in [-0.05, 0) is 24.1 Å². The van der Waals surface area contributed by atoms with Gasteiger partial charge in [0.2, 0.25) is 0 Å². The van der Waals surface area contributed by atoms with E-state index in [1.54, 1.807) is 13.3 Å². The lowest BCUT2D eigenvalue weighted by Crippen LogP contribution is -2.47. The Labute approximate surface area is 178 Å². The number of nitrogens with zero attached hydrogens (tertiary/aromatic N) is 3. The van der Waals surface area contributed by atoms with Crippen molar-refractivity contribution in [2.24, 2.45) is 4.99 Å². The normalized spacial score (nSPS) is 21.6. The summed E-state index contributed by atoms with van der Waals surface area (Å²) in [6.45, 7) is 8.20. The van der Waals surface area contributed by atoms with Crippen molar-refractivity contribution in [3.05, 3.63) is 40.7 Å². The van der Waals surface area contributed by atoms with Crippen molar-refractivity contribution in [2.75, 3.05) is 59.5 Å². The van der Waals surface area contributed by atoms with Crippen LogP contribution in [0, 0.1) is 6.92 Å². The highest BCUT2D eigenvalue weighted by Crippen LogP contribution is 2.37. The van der Waals surface area contributed by atoms with E-state index in [-0.39, 0.29) is 24.1 Å². The van der Waals surface area contributed by atoms with Gasteiger partial charge in [0, 0.05) is 64.2 Å². The lowest BCUT2D eigenvalue weighted by atomic mass is 9.82. The fourth-order valence-electron chi connectivity index (χ4n) is 4.17. The standard InChI is InChI=1S/C23H33N3O4/c1-17-3-4-19(23(13-17)30-2)18-14-21(28)20(22(29)15-18)16-24-5-6-25-7-9-26(10-8-25)11-12-27/h3-4,13,16,18,27-28H,5-12,14-15H2,1-2H3. The molecule has 1 fully saturated rings. The highest BCUT2D eigenvalue weighted by molar-refractivity contribution is 6.14. The number of aliphatic hydroxyl groups is 2. The number of Topliss-reactive ketones (excluding diaryl/α,β-unsaturated/α-hetero) is 1. The summed E-state index contributed by atoms with van der Waals surface area (Å²) in [5.74, 6) is 0.713. The Morgan fingerprint density at radius 3 is 2.50 bits per heavy atom. The Bertz CT molecular complexity index is 798. The number of hydrogen-bond donors (Lipinski definition) is 2. The summed E-state index contributed by atoms with van der Waals surface area (Å²) in [5, 5.41) is 19.5. The van der Waals surface area contributed by atoms with Gasteiger partial charge in [0.15, 0.2) is 5.78 Å². The number of allylic oxidation sites excluding steroid dienone is 2. The lowest BCUT2D eigenvalue weighted by molar-refractivity contribution is -0.116. The highest BCUT2D eigenvalue weighted by Gasteiger charge is 2.29. The number of aryl methyl sites for hydroxylation is 1. The zero-order valence-corrected chi connectivity index (χ0v) is 18.0. The molecule has 2 aliphatic rings. The Kier molecular flexibility index (Phi) is 8.01. The van der Waals surface area contributed by atoms with Gasteiger partial charge in [-0.25, -0.2) is 0 Å². The Morgan fingerprint density at radius 2 is 1.87 bits per heavy atom. The molecule has 0 saturated carbocycles. The molecule has 1 heterocycles. The van der Waals surface area contributed by atoms with E-state index in [2.05, 4.69) is 14.8 Å². The van der Waals surface area contributed by atoms with Crippen LogP contribution >= 0.6 is 0 Å². The number of hydrogen-bond acceptors (Lipinski definition) is 7. The molecule has 7 heteroatoms. The van der Waals surface area contributed by atoms with E-state index in [1.807, 2.05) is 25.1 Å². The fraction of sp³-hybridized carbons (Fsp3) is 0.565. The second-order valence-electron chi connectivity index (χ2n) is 8.08. The predicted molar refractivity (Wildman–Crippen MR) is 118 cm³/mol. The van der Waals surface area contributed by atoms with E-state index in [1.165, 1.54) is 0 Å². The largest absolute Gasteiger partial charge is 0.511 e. The second kappa shape index (κ2) is 10.7. The van der Waals surface area contributed by atoms with Crippen molar-refractivity contribution in [2.45, 2.75) is 25.7 Å². The minimum atomic E-state index is -0.0829. The van der Waals surface area contributed by atoms with Crippen LogP contribution in [0.15, 0.2) is 34.5 Å². The van der Waals surface area contributed by atoms with Gasteiger partial charge in [0.25, 0.3) is 0 Å². The van der Waals surface area contributed by atoms with Crippen molar-refractivity contribution in [3.8, 4) is 5.75 Å². The van der Waals surface area contributed by atoms with Gasteiger partial charge < -0.3 is 14.9 Å². The first-order valence-corrected chi connectivity index (χ1v) is 10.7. The number of rotatable bonds is 8. The van der Waals surface area contributed by atoms with Crippen LogP contribution < -0.4 is 4.74 Å². The molecule has 0 aromatic heterocycles. The molecule has 1 atom stereocenters. The van der Waals surface area contributed by atoms with Crippen LogP contribution in [0.2, 0.25) is 0 Å². The molecule has 1 aromatic carbocycles. The summed E-state index contributed by atoms with van der Waals surface area (Å²) in [6, 6.07) is 5.95. The molecule has 0 amide bonds. The van der Waals surface area contributed by atoms with Crippen LogP contribution in [0.3, 0.4) is 0 Å². The van der Waals surface area contributed by atoms with Crippen molar-refractivity contribution in [3.63, 3.8) is 0 Å². The first kappa shape index (κ1) is 22.5. The summed E-state index contributed by atoms with van der Waals surface area (Å²) in [7, 11) is 1.63. The Balaban J connectivity index is 1.54. The molecule has 1 aliphatic heterocycles. The summed E-state index contributed by atoms with van der Waals surface area (Å²) in [5.41, 5.74) is 2.39. The van der Waals surface area contributed by atoms with Gasteiger partial charge in [-0.15, -0.1) is 0 Å². The maximum Gasteiger partial charge on any atom is 0.168 e. The Hall–Kier alpha value is -2.22. The second-order valence-corrected chi connectivity index (χ2v) is 8.08. The predicted octanol–water partition coefficient (Wildman–Crippen LogP) is 1.94. The van der Waals surface area contributed by atoms with E-state index < -0.39 is 0 Å². The third kappa shape index (κ3) is 5.68. The lowest BCUT2D eigenvalue weighted by Gasteiger charge is -2.33. The molecule has 3 rings (SSSR count). The molecular formula is C23H33N3O4. The molecule has 30 heavy (non-hydrogen) atoms. The minimum absolute atomic E-state index is 0.0762. The maximum absolute atomic E-state index is 12.7. The van der Waals surface area contributed by atoms with Gasteiger partial charge in [-0.3, -0.25) is 19.6 Å². The number of piperazine rings is 1. The molecule has 0 radical (unpaired) electrons. The van der Waals surface area contributed by atoms with Crippen LogP contribution in [-0.4, -0.2) is 91.5 Å². The van der Waals surface area contributed by atoms with E-state index in [4.69, 9.17) is 9.84 Å². The first-order valence-electron chi connectivity index (χ1n) is 10.7. The SMILES string of the molecule is COc1cc(C)ccc1C1CC(=O)C(C=NCCN2CCN(CCO)CC2)=C(O)C1. The quantitative estimate of drug-likeness (QED) is 0.631.